The normalized spacial score (nSPS) is 14.7. The van der Waals surface area contributed by atoms with Gasteiger partial charge < -0.3 is 5.32 Å². The molecule has 0 spiro atoms. The van der Waals surface area contributed by atoms with Crippen LogP contribution in [0.2, 0.25) is 0 Å². The number of hydrogen-bond donors (Lipinski definition) is 2. The van der Waals surface area contributed by atoms with E-state index in [-0.39, 0.29) is 11.9 Å². The van der Waals surface area contributed by atoms with E-state index in [9.17, 15) is 4.79 Å². The van der Waals surface area contributed by atoms with Crippen molar-refractivity contribution in [1.29, 1.82) is 0 Å². The molecule has 1 aromatic heterocycles. The molecular weight excluding hydrogens is 396 g/mol. The highest BCUT2D eigenvalue weighted by Gasteiger charge is 2.41. The molecule has 2 N–H and O–H groups in total. The highest BCUT2D eigenvalue weighted by Crippen LogP contribution is 2.25. The van der Waals surface area contributed by atoms with Gasteiger partial charge in [-0.1, -0.05) is 72.8 Å². The van der Waals surface area contributed by atoms with Crippen LogP contribution in [0.1, 0.15) is 21.6 Å². The fourth-order valence-electron chi connectivity index (χ4n) is 4.16. The van der Waals surface area contributed by atoms with Crippen LogP contribution in [0.3, 0.4) is 0 Å². The Balaban J connectivity index is 1.52. The van der Waals surface area contributed by atoms with Crippen LogP contribution in [-0.4, -0.2) is 24.0 Å². The molecular formula is C27H25N4O+. The predicted molar refractivity (Wildman–Crippen MR) is 127 cm³/mol. The molecule has 32 heavy (non-hydrogen) atoms. The number of benzene rings is 3. The summed E-state index contributed by atoms with van der Waals surface area (Å²) < 4.78 is 1.75. The molecule has 0 radical (unpaired) electrons. The zero-order chi connectivity index (χ0) is 21.9. The second-order valence-corrected chi connectivity index (χ2v) is 8.01. The Labute approximate surface area is 187 Å². The average Bonchev–Trinajstić information content (AvgIpc) is 3.16. The van der Waals surface area contributed by atoms with Gasteiger partial charge in [0, 0.05) is 31.1 Å². The van der Waals surface area contributed by atoms with Gasteiger partial charge in [-0.2, -0.15) is 4.57 Å². The Morgan fingerprint density at radius 3 is 2.41 bits per heavy atom. The first-order valence-corrected chi connectivity index (χ1v) is 10.8. The maximum atomic E-state index is 13.4. The van der Waals surface area contributed by atoms with Gasteiger partial charge in [0.25, 0.3) is 0 Å². The molecule has 0 fully saturated rings. The maximum Gasteiger partial charge on any atom is 0.359 e. The van der Waals surface area contributed by atoms with Gasteiger partial charge in [-0.15, -0.1) is 0 Å². The Hall–Kier alpha value is -3.99. The molecule has 2 heterocycles. The van der Waals surface area contributed by atoms with E-state index in [0.29, 0.717) is 12.8 Å². The number of rotatable bonds is 6. The van der Waals surface area contributed by atoms with Crippen molar-refractivity contribution < 1.29 is 9.36 Å². The SMILES string of the molecule is CNc1cccc(CC2Nc3c(Cc4ccccc4)nc(-c4ccccc4)c[n+]3C2=O)c1. The van der Waals surface area contributed by atoms with E-state index in [1.165, 1.54) is 0 Å². The van der Waals surface area contributed by atoms with E-state index < -0.39 is 0 Å². The van der Waals surface area contributed by atoms with Gasteiger partial charge >= 0.3 is 11.7 Å². The van der Waals surface area contributed by atoms with Crippen molar-refractivity contribution in [2.24, 2.45) is 0 Å². The highest BCUT2D eigenvalue weighted by molar-refractivity contribution is 5.83. The molecule has 4 aromatic rings. The molecule has 1 aliphatic rings. The number of anilines is 2. The average molecular weight is 422 g/mol. The summed E-state index contributed by atoms with van der Waals surface area (Å²) in [5.74, 6) is 0.831. The Kier molecular flexibility index (Phi) is 5.38. The fraction of sp³-hybridized carbons (Fsp3) is 0.148. The lowest BCUT2D eigenvalue weighted by atomic mass is 10.1. The first-order valence-electron chi connectivity index (χ1n) is 10.8. The summed E-state index contributed by atoms with van der Waals surface area (Å²) in [7, 11) is 1.90. The molecule has 5 rings (SSSR count). The monoisotopic (exact) mass is 421 g/mol. The van der Waals surface area contributed by atoms with Crippen LogP contribution in [0, 0.1) is 0 Å². The van der Waals surface area contributed by atoms with E-state index in [1.807, 2.05) is 73.9 Å². The number of nitrogens with one attached hydrogen (secondary N) is 2. The molecule has 158 valence electrons. The molecule has 1 unspecified atom stereocenters. The predicted octanol–water partition coefficient (Wildman–Crippen LogP) is 4.35. The van der Waals surface area contributed by atoms with Gasteiger partial charge in [0.2, 0.25) is 0 Å². The lowest BCUT2D eigenvalue weighted by Gasteiger charge is -2.07. The molecule has 3 aromatic carbocycles. The second kappa shape index (κ2) is 8.63. The van der Waals surface area contributed by atoms with Gasteiger partial charge in [-0.3, -0.25) is 5.32 Å². The van der Waals surface area contributed by atoms with Gasteiger partial charge in [0.05, 0.1) is 0 Å². The third-order valence-corrected chi connectivity index (χ3v) is 5.81. The quantitative estimate of drug-likeness (QED) is 0.455. The van der Waals surface area contributed by atoms with Crippen LogP contribution >= 0.6 is 0 Å². The Morgan fingerprint density at radius 1 is 0.938 bits per heavy atom. The summed E-state index contributed by atoms with van der Waals surface area (Å²) >= 11 is 0. The molecule has 1 atom stereocenters. The zero-order valence-corrected chi connectivity index (χ0v) is 18.0. The Bertz CT molecular complexity index is 1260. The summed E-state index contributed by atoms with van der Waals surface area (Å²) in [5.41, 5.74) is 5.97. The van der Waals surface area contributed by atoms with Gasteiger partial charge in [-0.05, 0) is 23.3 Å². The lowest BCUT2D eigenvalue weighted by molar-refractivity contribution is -0.552. The number of carbonyl (C=O) groups excluding carboxylic acids is 1. The highest BCUT2D eigenvalue weighted by atomic mass is 16.2. The van der Waals surface area contributed by atoms with Crippen LogP contribution in [0.15, 0.2) is 91.1 Å². The van der Waals surface area contributed by atoms with E-state index in [2.05, 4.69) is 34.9 Å². The van der Waals surface area contributed by atoms with Crippen molar-refractivity contribution in [3.8, 4) is 11.3 Å². The van der Waals surface area contributed by atoms with Crippen LogP contribution in [0.25, 0.3) is 11.3 Å². The lowest BCUT2D eigenvalue weighted by Crippen LogP contribution is -2.44. The van der Waals surface area contributed by atoms with E-state index in [4.69, 9.17) is 4.98 Å². The molecule has 5 heteroatoms. The third-order valence-electron chi connectivity index (χ3n) is 5.81. The van der Waals surface area contributed by atoms with Gasteiger partial charge in [0.15, 0.2) is 6.04 Å². The topological polar surface area (TPSA) is 57.9 Å². The first-order chi connectivity index (χ1) is 15.7. The maximum absolute atomic E-state index is 13.4. The minimum Gasteiger partial charge on any atom is -0.388 e. The van der Waals surface area contributed by atoms with E-state index >= 15 is 0 Å². The molecule has 0 saturated heterocycles. The molecule has 0 saturated carbocycles. The standard InChI is InChI=1S/C27H24N4O/c1-28-22-14-8-11-20(15-22)17-24-27(32)31-18-25(21-12-6-3-7-13-21)29-23(26(31)30-24)16-19-9-4-2-5-10-19/h2-15,18,24,28H,16-17H2,1H3/p+1. The third kappa shape index (κ3) is 3.97. The van der Waals surface area contributed by atoms with Crippen molar-refractivity contribution in [2.75, 3.05) is 17.7 Å². The van der Waals surface area contributed by atoms with Crippen LogP contribution in [0.4, 0.5) is 11.5 Å². The van der Waals surface area contributed by atoms with E-state index in [1.54, 1.807) is 4.57 Å². The van der Waals surface area contributed by atoms with Crippen LogP contribution < -0.4 is 15.2 Å². The van der Waals surface area contributed by atoms with Crippen molar-refractivity contribution in [2.45, 2.75) is 18.9 Å². The van der Waals surface area contributed by atoms with Crippen LogP contribution in [0.5, 0.6) is 0 Å². The number of carbonyl (C=O) groups is 1. The van der Waals surface area contributed by atoms with Gasteiger partial charge in [0.1, 0.15) is 17.6 Å². The first kappa shape index (κ1) is 19.9. The summed E-state index contributed by atoms with van der Waals surface area (Å²) in [6.07, 6.45) is 3.12. The molecule has 0 amide bonds. The minimum absolute atomic E-state index is 0.0451. The summed E-state index contributed by atoms with van der Waals surface area (Å²) in [6.45, 7) is 0. The molecule has 0 aliphatic carbocycles. The van der Waals surface area contributed by atoms with E-state index in [0.717, 1.165) is 39.6 Å². The minimum atomic E-state index is -0.329. The largest absolute Gasteiger partial charge is 0.388 e. The second-order valence-electron chi connectivity index (χ2n) is 8.01. The zero-order valence-electron chi connectivity index (χ0n) is 18.0. The Morgan fingerprint density at radius 2 is 1.66 bits per heavy atom. The van der Waals surface area contributed by atoms with Crippen molar-refractivity contribution in [3.05, 3.63) is 108 Å². The van der Waals surface area contributed by atoms with Crippen molar-refractivity contribution in [3.63, 3.8) is 0 Å². The van der Waals surface area contributed by atoms with Crippen molar-refractivity contribution >= 4 is 17.4 Å². The molecule has 1 aliphatic heterocycles. The number of aromatic nitrogens is 2. The number of nitrogens with zero attached hydrogens (tertiary/aromatic N) is 2. The molecule has 0 bridgehead atoms. The summed E-state index contributed by atoms with van der Waals surface area (Å²) in [4.78, 5) is 18.4. The smallest absolute Gasteiger partial charge is 0.359 e. The summed E-state index contributed by atoms with van der Waals surface area (Å²) in [5, 5.41) is 6.63. The van der Waals surface area contributed by atoms with Crippen LogP contribution in [-0.2, 0) is 12.8 Å². The fourth-order valence-corrected chi connectivity index (χ4v) is 4.16. The van der Waals surface area contributed by atoms with Gasteiger partial charge in [-0.25, -0.2) is 9.78 Å². The number of hydrogen-bond acceptors (Lipinski definition) is 4. The molecule has 5 nitrogen and oxygen atoms in total. The van der Waals surface area contributed by atoms with Crippen molar-refractivity contribution in [1.82, 2.24) is 4.98 Å². The number of fused-ring (bicyclic) bond motifs is 1. The summed E-state index contributed by atoms with van der Waals surface area (Å²) in [6, 6.07) is 28.1.